The Hall–Kier alpha value is -0.380. The maximum atomic E-state index is 5.37. The molecule has 0 fully saturated rings. The molecule has 18 heavy (non-hydrogen) atoms. The van der Waals surface area contributed by atoms with Gasteiger partial charge in [-0.2, -0.15) is 0 Å². The van der Waals surface area contributed by atoms with Gasteiger partial charge in [0.15, 0.2) is 0 Å². The molecule has 0 amide bonds. The second-order valence-corrected chi connectivity index (χ2v) is 5.68. The van der Waals surface area contributed by atoms with Crippen molar-refractivity contribution >= 4 is 15.9 Å². The number of ether oxygens (including phenoxy) is 1. The molecule has 2 nitrogen and oxygen atoms in total. The van der Waals surface area contributed by atoms with Crippen LogP contribution in [0.3, 0.4) is 0 Å². The SMILES string of the molecule is CCCNC(Cc1ccc(Br)cc1)CC(C)OC. The minimum absolute atomic E-state index is 0.301. The third-order valence-corrected chi connectivity index (χ3v) is 3.63. The fourth-order valence-electron chi connectivity index (χ4n) is 1.99. The highest BCUT2D eigenvalue weighted by molar-refractivity contribution is 9.10. The third-order valence-electron chi connectivity index (χ3n) is 3.10. The normalized spacial score (nSPS) is 14.4. The molecule has 2 atom stereocenters. The van der Waals surface area contributed by atoms with E-state index in [2.05, 4.69) is 59.4 Å². The molecule has 0 saturated carbocycles. The molecule has 0 heterocycles. The van der Waals surface area contributed by atoms with Gasteiger partial charge < -0.3 is 10.1 Å². The highest BCUT2D eigenvalue weighted by Gasteiger charge is 2.12. The Morgan fingerprint density at radius 1 is 1.28 bits per heavy atom. The van der Waals surface area contributed by atoms with E-state index in [0.29, 0.717) is 12.1 Å². The molecule has 0 spiro atoms. The van der Waals surface area contributed by atoms with Crippen LogP contribution >= 0.6 is 15.9 Å². The van der Waals surface area contributed by atoms with E-state index < -0.39 is 0 Å². The van der Waals surface area contributed by atoms with Crippen molar-refractivity contribution < 1.29 is 4.74 Å². The summed E-state index contributed by atoms with van der Waals surface area (Å²) in [6.07, 6.45) is 3.57. The quantitative estimate of drug-likeness (QED) is 0.788. The summed E-state index contributed by atoms with van der Waals surface area (Å²) in [5.74, 6) is 0. The van der Waals surface area contributed by atoms with Crippen LogP contribution in [0.2, 0.25) is 0 Å². The number of benzene rings is 1. The lowest BCUT2D eigenvalue weighted by atomic mass is 10.0. The molecule has 1 aromatic carbocycles. The average molecular weight is 314 g/mol. The van der Waals surface area contributed by atoms with E-state index in [-0.39, 0.29) is 0 Å². The van der Waals surface area contributed by atoms with Crippen LogP contribution in [0.15, 0.2) is 28.7 Å². The van der Waals surface area contributed by atoms with Crippen LogP contribution in [0.5, 0.6) is 0 Å². The van der Waals surface area contributed by atoms with Crippen molar-refractivity contribution in [1.29, 1.82) is 0 Å². The van der Waals surface area contributed by atoms with Crippen LogP contribution in [0, 0.1) is 0 Å². The highest BCUT2D eigenvalue weighted by Crippen LogP contribution is 2.14. The molecule has 0 aromatic heterocycles. The molecular formula is C15H24BrNO. The Kier molecular flexibility index (Phi) is 7.56. The van der Waals surface area contributed by atoms with Gasteiger partial charge in [0.25, 0.3) is 0 Å². The Labute approximate surface area is 119 Å². The Morgan fingerprint density at radius 2 is 1.94 bits per heavy atom. The van der Waals surface area contributed by atoms with Gasteiger partial charge in [-0.05, 0) is 50.4 Å². The number of hydrogen-bond donors (Lipinski definition) is 1. The first-order valence-corrected chi connectivity index (χ1v) is 7.45. The van der Waals surface area contributed by atoms with Crippen molar-refractivity contribution in [2.45, 2.75) is 45.3 Å². The van der Waals surface area contributed by atoms with Crippen LogP contribution in [0.1, 0.15) is 32.3 Å². The molecule has 0 saturated heterocycles. The third kappa shape index (κ3) is 5.98. The molecule has 1 aromatic rings. The lowest BCUT2D eigenvalue weighted by molar-refractivity contribution is 0.100. The van der Waals surface area contributed by atoms with Crippen molar-refractivity contribution in [2.24, 2.45) is 0 Å². The van der Waals surface area contributed by atoms with Gasteiger partial charge in [-0.1, -0.05) is 35.0 Å². The Bertz CT molecular complexity index is 326. The molecule has 102 valence electrons. The van der Waals surface area contributed by atoms with Gasteiger partial charge in [0.1, 0.15) is 0 Å². The zero-order chi connectivity index (χ0) is 13.4. The zero-order valence-electron chi connectivity index (χ0n) is 11.6. The molecule has 0 aliphatic rings. The summed E-state index contributed by atoms with van der Waals surface area (Å²) >= 11 is 3.47. The molecule has 0 aliphatic carbocycles. The van der Waals surface area contributed by atoms with E-state index in [0.717, 1.165) is 30.3 Å². The lowest BCUT2D eigenvalue weighted by Gasteiger charge is -2.21. The van der Waals surface area contributed by atoms with Crippen molar-refractivity contribution in [1.82, 2.24) is 5.32 Å². The Morgan fingerprint density at radius 3 is 2.50 bits per heavy atom. The summed E-state index contributed by atoms with van der Waals surface area (Å²) in [4.78, 5) is 0. The second-order valence-electron chi connectivity index (χ2n) is 4.76. The summed E-state index contributed by atoms with van der Waals surface area (Å²) in [6.45, 7) is 5.39. The summed E-state index contributed by atoms with van der Waals surface area (Å²) in [7, 11) is 1.78. The summed E-state index contributed by atoms with van der Waals surface area (Å²) in [5, 5.41) is 3.61. The molecule has 1 N–H and O–H groups in total. The van der Waals surface area contributed by atoms with E-state index >= 15 is 0 Å². The molecular weight excluding hydrogens is 290 g/mol. The van der Waals surface area contributed by atoms with Crippen molar-refractivity contribution in [3.8, 4) is 0 Å². The number of rotatable bonds is 8. The molecule has 0 aliphatic heterocycles. The largest absolute Gasteiger partial charge is 0.382 e. The number of nitrogens with one attached hydrogen (secondary N) is 1. The maximum absolute atomic E-state index is 5.37. The van der Waals surface area contributed by atoms with Gasteiger partial charge in [0.05, 0.1) is 6.10 Å². The lowest BCUT2D eigenvalue weighted by Crippen LogP contribution is -2.35. The molecule has 2 unspecified atom stereocenters. The number of hydrogen-bond acceptors (Lipinski definition) is 2. The van der Waals surface area contributed by atoms with Crippen LogP contribution in [0.4, 0.5) is 0 Å². The van der Waals surface area contributed by atoms with Crippen LogP contribution in [0.25, 0.3) is 0 Å². The van der Waals surface area contributed by atoms with Gasteiger partial charge in [0.2, 0.25) is 0 Å². The molecule has 1 rings (SSSR count). The topological polar surface area (TPSA) is 21.3 Å². The summed E-state index contributed by atoms with van der Waals surface area (Å²) in [6, 6.07) is 9.06. The van der Waals surface area contributed by atoms with Crippen LogP contribution in [-0.4, -0.2) is 25.8 Å². The predicted molar refractivity (Wildman–Crippen MR) is 81.0 cm³/mol. The Balaban J connectivity index is 2.56. The summed E-state index contributed by atoms with van der Waals surface area (Å²) < 4.78 is 6.50. The smallest absolute Gasteiger partial charge is 0.0558 e. The van der Waals surface area contributed by atoms with Gasteiger partial charge in [-0.3, -0.25) is 0 Å². The first-order chi connectivity index (χ1) is 8.65. The maximum Gasteiger partial charge on any atom is 0.0558 e. The minimum atomic E-state index is 0.301. The van der Waals surface area contributed by atoms with Gasteiger partial charge >= 0.3 is 0 Å². The second kappa shape index (κ2) is 8.68. The minimum Gasteiger partial charge on any atom is -0.382 e. The monoisotopic (exact) mass is 313 g/mol. The zero-order valence-corrected chi connectivity index (χ0v) is 13.2. The van der Waals surface area contributed by atoms with Gasteiger partial charge in [0, 0.05) is 17.6 Å². The number of halogens is 1. The van der Waals surface area contributed by atoms with Crippen molar-refractivity contribution in [2.75, 3.05) is 13.7 Å². The van der Waals surface area contributed by atoms with Crippen LogP contribution in [-0.2, 0) is 11.2 Å². The average Bonchev–Trinajstić information content (AvgIpc) is 2.38. The highest BCUT2D eigenvalue weighted by atomic mass is 79.9. The standard InChI is InChI=1S/C15H24BrNO/c1-4-9-17-15(10-12(2)18-3)11-13-5-7-14(16)8-6-13/h5-8,12,15,17H,4,9-11H2,1-3H3. The first kappa shape index (κ1) is 15.7. The van der Waals surface area contributed by atoms with E-state index in [9.17, 15) is 0 Å². The summed E-state index contributed by atoms with van der Waals surface area (Å²) in [5.41, 5.74) is 1.37. The first-order valence-electron chi connectivity index (χ1n) is 6.66. The van der Waals surface area contributed by atoms with Gasteiger partial charge in [-0.25, -0.2) is 0 Å². The van der Waals surface area contributed by atoms with E-state index in [4.69, 9.17) is 4.74 Å². The van der Waals surface area contributed by atoms with Gasteiger partial charge in [-0.15, -0.1) is 0 Å². The molecule has 0 radical (unpaired) electrons. The predicted octanol–water partition coefficient (Wildman–Crippen LogP) is 3.78. The van der Waals surface area contributed by atoms with Crippen molar-refractivity contribution in [3.63, 3.8) is 0 Å². The van der Waals surface area contributed by atoms with Crippen molar-refractivity contribution in [3.05, 3.63) is 34.3 Å². The molecule has 3 heteroatoms. The fourth-order valence-corrected chi connectivity index (χ4v) is 2.25. The number of methoxy groups -OCH3 is 1. The molecule has 0 bridgehead atoms. The van der Waals surface area contributed by atoms with E-state index in [1.54, 1.807) is 7.11 Å². The van der Waals surface area contributed by atoms with E-state index in [1.807, 2.05) is 0 Å². The fraction of sp³-hybridized carbons (Fsp3) is 0.600. The van der Waals surface area contributed by atoms with Crippen LogP contribution < -0.4 is 5.32 Å². The van der Waals surface area contributed by atoms with E-state index in [1.165, 1.54) is 5.56 Å².